The minimum atomic E-state index is -0.513. The molecule has 138 valence electrons. The highest BCUT2D eigenvalue weighted by molar-refractivity contribution is 5.97. The monoisotopic (exact) mass is 357 g/mol. The number of aryl methyl sites for hydroxylation is 1. The van der Waals surface area contributed by atoms with Gasteiger partial charge in [0.15, 0.2) is 0 Å². The topological polar surface area (TPSA) is 93.5 Å². The number of rotatable bonds is 8. The molecular formula is C19H23N3O4. The van der Waals surface area contributed by atoms with Crippen LogP contribution in [0.15, 0.2) is 42.5 Å². The first-order valence-corrected chi connectivity index (χ1v) is 8.43. The number of non-ortho nitro benzene ring substituents is 1. The Bertz CT molecular complexity index is 775. The first-order valence-electron chi connectivity index (χ1n) is 8.43. The summed E-state index contributed by atoms with van der Waals surface area (Å²) in [4.78, 5) is 22.7. The lowest BCUT2D eigenvalue weighted by atomic mass is 10.1. The summed E-state index contributed by atoms with van der Waals surface area (Å²) in [7, 11) is 1.40. The lowest BCUT2D eigenvalue weighted by Crippen LogP contribution is -2.32. The molecule has 1 atom stereocenters. The average Bonchev–Trinajstić information content (AvgIpc) is 2.63. The van der Waals surface area contributed by atoms with Crippen molar-refractivity contribution in [2.75, 3.05) is 17.7 Å². The van der Waals surface area contributed by atoms with Crippen molar-refractivity contribution in [3.8, 4) is 5.75 Å². The van der Waals surface area contributed by atoms with Crippen LogP contribution in [-0.4, -0.2) is 24.0 Å². The molecule has 0 fully saturated rings. The Balaban J connectivity index is 2.03. The van der Waals surface area contributed by atoms with Gasteiger partial charge in [0, 0.05) is 11.8 Å². The highest BCUT2D eigenvalue weighted by Crippen LogP contribution is 2.29. The van der Waals surface area contributed by atoms with E-state index in [-0.39, 0.29) is 17.3 Å². The Labute approximate surface area is 152 Å². The number of nitrogens with zero attached hydrogens (tertiary/aromatic N) is 1. The van der Waals surface area contributed by atoms with E-state index in [4.69, 9.17) is 4.74 Å². The van der Waals surface area contributed by atoms with Crippen molar-refractivity contribution in [2.45, 2.75) is 32.7 Å². The third-order valence-electron chi connectivity index (χ3n) is 3.92. The van der Waals surface area contributed by atoms with Crippen molar-refractivity contribution in [1.82, 2.24) is 0 Å². The fraction of sp³-hybridized carbons (Fsp3) is 0.316. The molecule has 26 heavy (non-hydrogen) atoms. The predicted octanol–water partition coefficient (Wildman–Crippen LogP) is 4.00. The molecule has 0 aliphatic rings. The molecule has 0 saturated heterocycles. The molecule has 0 spiro atoms. The molecule has 0 bridgehead atoms. The van der Waals surface area contributed by atoms with Gasteiger partial charge in [-0.2, -0.15) is 0 Å². The van der Waals surface area contributed by atoms with Crippen LogP contribution in [0, 0.1) is 10.1 Å². The maximum atomic E-state index is 12.4. The van der Waals surface area contributed by atoms with Crippen molar-refractivity contribution in [2.24, 2.45) is 0 Å². The number of benzene rings is 2. The fourth-order valence-electron chi connectivity index (χ4n) is 2.51. The minimum absolute atomic E-state index is 0.0989. The molecule has 0 aliphatic heterocycles. The molecule has 2 N–H and O–H groups in total. The summed E-state index contributed by atoms with van der Waals surface area (Å²) in [5.74, 6) is -0.0292. The van der Waals surface area contributed by atoms with Gasteiger partial charge in [-0.25, -0.2) is 0 Å². The van der Waals surface area contributed by atoms with Gasteiger partial charge < -0.3 is 15.4 Å². The highest BCUT2D eigenvalue weighted by atomic mass is 16.6. The van der Waals surface area contributed by atoms with Gasteiger partial charge in [-0.05, 0) is 37.1 Å². The van der Waals surface area contributed by atoms with Gasteiger partial charge in [0.05, 0.1) is 23.8 Å². The van der Waals surface area contributed by atoms with E-state index in [2.05, 4.69) is 17.6 Å². The quantitative estimate of drug-likeness (QED) is 0.550. The molecule has 7 heteroatoms. The zero-order chi connectivity index (χ0) is 19.1. The summed E-state index contributed by atoms with van der Waals surface area (Å²) < 4.78 is 5.13. The number of methoxy groups -OCH3 is 1. The normalized spacial score (nSPS) is 11.5. The van der Waals surface area contributed by atoms with Crippen LogP contribution >= 0.6 is 0 Å². The zero-order valence-corrected chi connectivity index (χ0v) is 15.1. The summed E-state index contributed by atoms with van der Waals surface area (Å²) in [6, 6.07) is 11.5. The van der Waals surface area contributed by atoms with E-state index >= 15 is 0 Å². The molecule has 2 aromatic carbocycles. The van der Waals surface area contributed by atoms with E-state index < -0.39 is 11.0 Å². The van der Waals surface area contributed by atoms with E-state index in [0.29, 0.717) is 5.69 Å². The van der Waals surface area contributed by atoms with Gasteiger partial charge in [0.2, 0.25) is 5.91 Å². The second-order valence-corrected chi connectivity index (χ2v) is 5.94. The van der Waals surface area contributed by atoms with Crippen LogP contribution < -0.4 is 15.4 Å². The molecule has 2 rings (SSSR count). The Kier molecular flexibility index (Phi) is 6.54. The third-order valence-corrected chi connectivity index (χ3v) is 3.92. The first-order chi connectivity index (χ1) is 12.4. The van der Waals surface area contributed by atoms with E-state index in [1.165, 1.54) is 30.9 Å². The van der Waals surface area contributed by atoms with Crippen LogP contribution in [0.5, 0.6) is 5.75 Å². The number of carbonyl (C=O) groups excluding carboxylic acids is 1. The number of nitrogens with one attached hydrogen (secondary N) is 2. The minimum Gasteiger partial charge on any atom is -0.494 e. The Morgan fingerprint density at radius 1 is 1.23 bits per heavy atom. The van der Waals surface area contributed by atoms with Crippen LogP contribution in [0.1, 0.15) is 25.8 Å². The molecule has 1 amide bonds. The van der Waals surface area contributed by atoms with Gasteiger partial charge in [0.1, 0.15) is 11.8 Å². The van der Waals surface area contributed by atoms with Gasteiger partial charge in [-0.15, -0.1) is 0 Å². The summed E-state index contributed by atoms with van der Waals surface area (Å²) in [6.07, 6.45) is 2.11. The Hall–Kier alpha value is -3.09. The first kappa shape index (κ1) is 19.2. The SMILES string of the molecule is CCCc1ccc(N[C@H](C)C(=O)Nc2ccc([N+](=O)[O-])cc2OC)cc1. The number of amides is 1. The van der Waals surface area contributed by atoms with Crippen molar-refractivity contribution < 1.29 is 14.5 Å². The van der Waals surface area contributed by atoms with Crippen molar-refractivity contribution in [3.05, 3.63) is 58.1 Å². The standard InChI is InChI=1S/C19H23N3O4/c1-4-5-14-6-8-15(9-7-14)20-13(2)19(23)21-17-11-10-16(22(24)25)12-18(17)26-3/h6-13,20H,4-5H2,1-3H3,(H,21,23)/t13-/m1/s1. The van der Waals surface area contributed by atoms with Crippen LogP contribution in [0.4, 0.5) is 17.1 Å². The second-order valence-electron chi connectivity index (χ2n) is 5.94. The summed E-state index contributed by atoms with van der Waals surface area (Å²) in [6.45, 7) is 3.87. The zero-order valence-electron chi connectivity index (χ0n) is 15.1. The van der Waals surface area contributed by atoms with E-state index in [1.807, 2.05) is 24.3 Å². The Morgan fingerprint density at radius 2 is 1.92 bits per heavy atom. The third kappa shape index (κ3) is 4.95. The molecule has 7 nitrogen and oxygen atoms in total. The molecule has 0 radical (unpaired) electrons. The van der Waals surface area contributed by atoms with Crippen LogP contribution in [0.25, 0.3) is 0 Å². The fourth-order valence-corrected chi connectivity index (χ4v) is 2.51. The van der Waals surface area contributed by atoms with Crippen molar-refractivity contribution >= 4 is 23.0 Å². The molecule has 0 aliphatic carbocycles. The lowest BCUT2D eigenvalue weighted by molar-refractivity contribution is -0.384. The lowest BCUT2D eigenvalue weighted by Gasteiger charge is -2.17. The largest absolute Gasteiger partial charge is 0.494 e. The predicted molar refractivity (Wildman–Crippen MR) is 102 cm³/mol. The van der Waals surface area contributed by atoms with Crippen LogP contribution in [0.2, 0.25) is 0 Å². The van der Waals surface area contributed by atoms with E-state index in [0.717, 1.165) is 18.5 Å². The van der Waals surface area contributed by atoms with Gasteiger partial charge >= 0.3 is 0 Å². The maximum absolute atomic E-state index is 12.4. The molecule has 0 unspecified atom stereocenters. The van der Waals surface area contributed by atoms with Gasteiger partial charge in [0.25, 0.3) is 5.69 Å². The summed E-state index contributed by atoms with van der Waals surface area (Å²) in [5.41, 5.74) is 2.39. The second kappa shape index (κ2) is 8.84. The van der Waals surface area contributed by atoms with Gasteiger partial charge in [-0.1, -0.05) is 25.5 Å². The number of ether oxygens (including phenoxy) is 1. The van der Waals surface area contributed by atoms with Crippen molar-refractivity contribution in [1.29, 1.82) is 0 Å². The van der Waals surface area contributed by atoms with Crippen LogP contribution in [0.3, 0.4) is 0 Å². The van der Waals surface area contributed by atoms with Crippen molar-refractivity contribution in [3.63, 3.8) is 0 Å². The number of hydrogen-bond donors (Lipinski definition) is 2. The molecule has 0 saturated carbocycles. The molecule has 0 heterocycles. The Morgan fingerprint density at radius 3 is 2.50 bits per heavy atom. The number of nitro benzene ring substituents is 1. The number of nitro groups is 1. The van der Waals surface area contributed by atoms with Crippen LogP contribution in [-0.2, 0) is 11.2 Å². The number of carbonyl (C=O) groups is 1. The summed E-state index contributed by atoms with van der Waals surface area (Å²) in [5, 5.41) is 16.7. The maximum Gasteiger partial charge on any atom is 0.273 e. The number of hydrogen-bond acceptors (Lipinski definition) is 5. The summed E-state index contributed by atoms with van der Waals surface area (Å²) >= 11 is 0. The van der Waals surface area contributed by atoms with Gasteiger partial charge in [-0.3, -0.25) is 14.9 Å². The molecule has 0 aromatic heterocycles. The van der Waals surface area contributed by atoms with E-state index in [9.17, 15) is 14.9 Å². The molecular weight excluding hydrogens is 334 g/mol. The molecule has 2 aromatic rings. The average molecular weight is 357 g/mol. The highest BCUT2D eigenvalue weighted by Gasteiger charge is 2.17. The van der Waals surface area contributed by atoms with E-state index in [1.54, 1.807) is 6.92 Å². The smallest absolute Gasteiger partial charge is 0.273 e. The number of anilines is 2.